The molecule has 88 valence electrons. The number of carbonyl (C=O) groups excluding carboxylic acids is 2. The summed E-state index contributed by atoms with van der Waals surface area (Å²) in [6, 6.07) is 0. The fraction of sp³-hybridized carbons (Fsp3) is 0.455. The molecule has 0 amide bonds. The molecule has 0 unspecified atom stereocenters. The summed E-state index contributed by atoms with van der Waals surface area (Å²) >= 11 is 0. The van der Waals surface area contributed by atoms with Crippen molar-refractivity contribution in [1.82, 2.24) is 0 Å². The molecule has 0 bridgehead atoms. The molecular weight excluding hydrogens is 212 g/mol. The van der Waals surface area contributed by atoms with E-state index < -0.39 is 11.6 Å². The van der Waals surface area contributed by atoms with Crippen LogP contribution in [0.2, 0.25) is 0 Å². The summed E-state index contributed by atoms with van der Waals surface area (Å²) in [5.41, 5.74) is -0.942. The molecule has 1 rings (SSSR count). The molecule has 5 nitrogen and oxygen atoms in total. The fourth-order valence-corrected chi connectivity index (χ4v) is 1.24. The standard InChI is InChI=1S/C11H14O5/c1-9(13)15-8-11(16-7-6-12)4-2-10(14)3-5-11/h2-5,12H,6-8H2,1H3. The van der Waals surface area contributed by atoms with Crippen molar-refractivity contribution in [3.05, 3.63) is 24.3 Å². The first-order valence-electron chi connectivity index (χ1n) is 4.88. The van der Waals surface area contributed by atoms with Gasteiger partial charge in [-0.1, -0.05) is 0 Å². The molecule has 0 fully saturated rings. The van der Waals surface area contributed by atoms with Crippen molar-refractivity contribution >= 4 is 11.8 Å². The lowest BCUT2D eigenvalue weighted by Gasteiger charge is -2.28. The first-order valence-corrected chi connectivity index (χ1v) is 4.88. The highest BCUT2D eigenvalue weighted by Gasteiger charge is 2.29. The van der Waals surface area contributed by atoms with Crippen LogP contribution in [0.3, 0.4) is 0 Å². The van der Waals surface area contributed by atoms with Crippen molar-refractivity contribution in [2.24, 2.45) is 0 Å². The van der Waals surface area contributed by atoms with E-state index in [1.807, 2.05) is 0 Å². The Hall–Kier alpha value is -1.46. The maximum absolute atomic E-state index is 11.0. The average Bonchev–Trinajstić information content (AvgIpc) is 2.27. The smallest absolute Gasteiger partial charge is 0.302 e. The van der Waals surface area contributed by atoms with Gasteiger partial charge in [0.15, 0.2) is 5.78 Å². The Labute approximate surface area is 93.3 Å². The molecule has 1 aliphatic rings. The van der Waals surface area contributed by atoms with Gasteiger partial charge in [0.1, 0.15) is 12.2 Å². The third kappa shape index (κ3) is 3.60. The number of hydrogen-bond acceptors (Lipinski definition) is 5. The van der Waals surface area contributed by atoms with Crippen LogP contribution in [0.15, 0.2) is 24.3 Å². The SMILES string of the molecule is CC(=O)OCC1(OCCO)C=CC(=O)C=C1. The lowest BCUT2D eigenvalue weighted by atomic mass is 9.98. The topological polar surface area (TPSA) is 72.8 Å². The highest BCUT2D eigenvalue weighted by Crippen LogP contribution is 2.19. The highest BCUT2D eigenvalue weighted by atomic mass is 16.6. The summed E-state index contributed by atoms with van der Waals surface area (Å²) in [6.45, 7) is 1.24. The van der Waals surface area contributed by atoms with E-state index >= 15 is 0 Å². The Morgan fingerprint density at radius 1 is 1.44 bits per heavy atom. The van der Waals surface area contributed by atoms with Gasteiger partial charge in [-0.15, -0.1) is 0 Å². The molecule has 0 saturated heterocycles. The van der Waals surface area contributed by atoms with Gasteiger partial charge in [-0.05, 0) is 24.3 Å². The molecule has 16 heavy (non-hydrogen) atoms. The lowest BCUT2D eigenvalue weighted by molar-refractivity contribution is -0.147. The van der Waals surface area contributed by atoms with E-state index in [1.54, 1.807) is 0 Å². The van der Waals surface area contributed by atoms with Gasteiger partial charge in [-0.3, -0.25) is 9.59 Å². The number of aliphatic hydroxyl groups is 1. The minimum absolute atomic E-state index is 0.0113. The second kappa shape index (κ2) is 5.58. The normalized spacial score (nSPS) is 17.5. The summed E-state index contributed by atoms with van der Waals surface area (Å²) in [7, 11) is 0. The van der Waals surface area contributed by atoms with Crippen LogP contribution in [0.1, 0.15) is 6.92 Å². The van der Waals surface area contributed by atoms with Crippen LogP contribution >= 0.6 is 0 Å². The van der Waals surface area contributed by atoms with Crippen LogP contribution in [0.25, 0.3) is 0 Å². The second-order valence-electron chi connectivity index (χ2n) is 3.38. The Bertz CT molecular complexity index is 313. The van der Waals surface area contributed by atoms with E-state index in [0.29, 0.717) is 0 Å². The van der Waals surface area contributed by atoms with Gasteiger partial charge in [-0.2, -0.15) is 0 Å². The molecule has 1 aliphatic carbocycles. The molecule has 0 aromatic carbocycles. The van der Waals surface area contributed by atoms with E-state index in [4.69, 9.17) is 14.6 Å². The molecular formula is C11H14O5. The first kappa shape index (κ1) is 12.6. The minimum Gasteiger partial charge on any atom is -0.462 e. The second-order valence-corrected chi connectivity index (χ2v) is 3.38. The van der Waals surface area contributed by atoms with Crippen molar-refractivity contribution in [3.8, 4) is 0 Å². The molecule has 0 aromatic rings. The van der Waals surface area contributed by atoms with Crippen molar-refractivity contribution in [2.75, 3.05) is 19.8 Å². The Balaban J connectivity index is 2.69. The molecule has 0 aromatic heterocycles. The van der Waals surface area contributed by atoms with Crippen molar-refractivity contribution < 1.29 is 24.2 Å². The summed E-state index contributed by atoms with van der Waals surface area (Å²) < 4.78 is 10.2. The number of ether oxygens (including phenoxy) is 2. The van der Waals surface area contributed by atoms with Crippen LogP contribution in [0.4, 0.5) is 0 Å². The number of esters is 1. The summed E-state index contributed by atoms with van der Waals surface area (Å²) in [4.78, 5) is 21.7. The molecule has 0 heterocycles. The van der Waals surface area contributed by atoms with E-state index in [1.165, 1.54) is 31.2 Å². The molecule has 1 N–H and O–H groups in total. The van der Waals surface area contributed by atoms with Gasteiger partial charge >= 0.3 is 5.97 Å². The van der Waals surface area contributed by atoms with E-state index in [0.717, 1.165) is 0 Å². The van der Waals surface area contributed by atoms with Crippen LogP contribution in [0.5, 0.6) is 0 Å². The zero-order valence-corrected chi connectivity index (χ0v) is 9.01. The van der Waals surface area contributed by atoms with Crippen LogP contribution in [-0.2, 0) is 19.1 Å². The zero-order valence-electron chi connectivity index (χ0n) is 9.01. The maximum atomic E-state index is 11.0. The Morgan fingerprint density at radius 3 is 2.56 bits per heavy atom. The highest BCUT2D eigenvalue weighted by molar-refractivity contribution is 6.00. The Kier molecular flexibility index (Phi) is 4.39. The van der Waals surface area contributed by atoms with Gasteiger partial charge in [0.25, 0.3) is 0 Å². The minimum atomic E-state index is -0.942. The summed E-state index contributed by atoms with van der Waals surface area (Å²) in [5.74, 6) is -0.572. The average molecular weight is 226 g/mol. The predicted molar refractivity (Wildman–Crippen MR) is 55.7 cm³/mol. The third-order valence-corrected chi connectivity index (χ3v) is 2.02. The monoisotopic (exact) mass is 226 g/mol. The number of allylic oxidation sites excluding steroid dienone is 2. The largest absolute Gasteiger partial charge is 0.462 e. The van der Waals surface area contributed by atoms with E-state index in [2.05, 4.69) is 0 Å². The van der Waals surface area contributed by atoms with Gasteiger partial charge in [-0.25, -0.2) is 0 Å². The maximum Gasteiger partial charge on any atom is 0.302 e. The van der Waals surface area contributed by atoms with E-state index in [9.17, 15) is 9.59 Å². The van der Waals surface area contributed by atoms with Crippen molar-refractivity contribution in [2.45, 2.75) is 12.5 Å². The number of aliphatic hydroxyl groups excluding tert-OH is 1. The number of ketones is 1. The molecule has 5 heteroatoms. The third-order valence-electron chi connectivity index (χ3n) is 2.02. The fourth-order valence-electron chi connectivity index (χ4n) is 1.24. The molecule has 0 aliphatic heterocycles. The van der Waals surface area contributed by atoms with Crippen LogP contribution in [0, 0.1) is 0 Å². The van der Waals surface area contributed by atoms with Crippen molar-refractivity contribution in [3.63, 3.8) is 0 Å². The number of rotatable bonds is 5. The summed E-state index contributed by atoms with van der Waals surface area (Å²) in [6.07, 6.45) is 5.74. The van der Waals surface area contributed by atoms with Gasteiger partial charge in [0.05, 0.1) is 13.2 Å². The zero-order chi connectivity index (χ0) is 12.0. The quantitative estimate of drug-likeness (QED) is 0.667. The molecule has 0 radical (unpaired) electrons. The van der Waals surface area contributed by atoms with Crippen LogP contribution < -0.4 is 0 Å². The lowest BCUT2D eigenvalue weighted by Crippen LogP contribution is -2.37. The predicted octanol–water partition coefficient (Wildman–Crippen LogP) is -0.00770. The van der Waals surface area contributed by atoms with E-state index in [-0.39, 0.29) is 25.6 Å². The molecule has 0 spiro atoms. The molecule has 0 atom stereocenters. The van der Waals surface area contributed by atoms with Crippen molar-refractivity contribution in [1.29, 1.82) is 0 Å². The number of hydrogen-bond donors (Lipinski definition) is 1. The summed E-state index contributed by atoms with van der Waals surface area (Å²) in [5, 5.41) is 8.69. The van der Waals surface area contributed by atoms with Gasteiger partial charge in [0, 0.05) is 6.92 Å². The molecule has 0 saturated carbocycles. The van der Waals surface area contributed by atoms with Crippen LogP contribution in [-0.4, -0.2) is 42.3 Å². The Morgan fingerprint density at radius 2 is 2.06 bits per heavy atom. The first-order chi connectivity index (χ1) is 7.58. The van der Waals surface area contributed by atoms with Gasteiger partial charge < -0.3 is 14.6 Å². The number of carbonyl (C=O) groups is 2. The van der Waals surface area contributed by atoms with Gasteiger partial charge in [0.2, 0.25) is 0 Å².